The van der Waals surface area contributed by atoms with Crippen molar-refractivity contribution < 1.29 is 19.4 Å². The Labute approximate surface area is 96.8 Å². The first-order valence-electron chi connectivity index (χ1n) is 4.75. The molecule has 1 atom stereocenters. The highest BCUT2D eigenvalue weighted by Crippen LogP contribution is 2.29. The predicted octanol–water partition coefficient (Wildman–Crippen LogP) is 2.14. The van der Waals surface area contributed by atoms with Gasteiger partial charge in [-0.1, -0.05) is 11.6 Å². The van der Waals surface area contributed by atoms with Crippen molar-refractivity contribution in [1.29, 1.82) is 0 Å². The molecule has 0 fully saturated rings. The molecule has 0 bridgehead atoms. The highest BCUT2D eigenvalue weighted by atomic mass is 35.5. The number of hydrogen-bond acceptors (Lipinski definition) is 3. The average Bonchev–Trinajstić information content (AvgIpc) is 2.19. The number of halogens is 1. The SMILES string of the molecule is C[C@H]1Cc2c(Cl)cc(C(=O)O)cc2C(=O)O1. The van der Waals surface area contributed by atoms with Crippen LogP contribution in [0.3, 0.4) is 0 Å². The fourth-order valence-corrected chi connectivity index (χ4v) is 2.02. The van der Waals surface area contributed by atoms with Crippen molar-refractivity contribution in [2.75, 3.05) is 0 Å². The Kier molecular flexibility index (Phi) is 2.59. The lowest BCUT2D eigenvalue weighted by Gasteiger charge is -2.22. The van der Waals surface area contributed by atoms with Crippen molar-refractivity contribution in [2.24, 2.45) is 0 Å². The molecule has 0 aromatic heterocycles. The van der Waals surface area contributed by atoms with Crippen LogP contribution in [0.1, 0.15) is 33.2 Å². The maximum absolute atomic E-state index is 11.5. The lowest BCUT2D eigenvalue weighted by molar-refractivity contribution is 0.0301. The van der Waals surface area contributed by atoms with Gasteiger partial charge in [-0.3, -0.25) is 0 Å². The molecular weight excluding hydrogens is 232 g/mol. The molecule has 0 saturated heterocycles. The van der Waals surface area contributed by atoms with Gasteiger partial charge in [0.25, 0.3) is 0 Å². The first-order valence-corrected chi connectivity index (χ1v) is 5.13. The van der Waals surface area contributed by atoms with Crippen LogP contribution in [0.15, 0.2) is 12.1 Å². The van der Waals surface area contributed by atoms with Crippen LogP contribution in [0.25, 0.3) is 0 Å². The smallest absolute Gasteiger partial charge is 0.338 e. The largest absolute Gasteiger partial charge is 0.478 e. The number of ether oxygens (including phenoxy) is 1. The molecule has 1 aliphatic heterocycles. The van der Waals surface area contributed by atoms with Crippen LogP contribution >= 0.6 is 11.6 Å². The van der Waals surface area contributed by atoms with Gasteiger partial charge in [0.2, 0.25) is 0 Å². The molecule has 0 spiro atoms. The maximum atomic E-state index is 11.5. The van der Waals surface area contributed by atoms with Crippen LogP contribution in [0.2, 0.25) is 5.02 Å². The zero-order valence-electron chi connectivity index (χ0n) is 8.49. The number of benzene rings is 1. The van der Waals surface area contributed by atoms with E-state index in [0.717, 1.165) is 0 Å². The van der Waals surface area contributed by atoms with E-state index in [-0.39, 0.29) is 17.2 Å². The van der Waals surface area contributed by atoms with Crippen LogP contribution in [-0.4, -0.2) is 23.1 Å². The van der Waals surface area contributed by atoms with Crippen molar-refractivity contribution >= 4 is 23.5 Å². The third kappa shape index (κ3) is 1.76. The Morgan fingerprint density at radius 2 is 2.25 bits per heavy atom. The number of carboxylic acids is 1. The molecule has 1 aromatic rings. The van der Waals surface area contributed by atoms with Gasteiger partial charge in [0.15, 0.2) is 0 Å². The minimum absolute atomic E-state index is 0.00440. The average molecular weight is 241 g/mol. The lowest BCUT2D eigenvalue weighted by atomic mass is 9.97. The van der Waals surface area contributed by atoms with Gasteiger partial charge in [-0.2, -0.15) is 0 Å². The van der Waals surface area contributed by atoms with E-state index in [9.17, 15) is 9.59 Å². The molecule has 1 aliphatic rings. The van der Waals surface area contributed by atoms with Crippen LogP contribution in [0, 0.1) is 0 Å². The molecule has 1 heterocycles. The number of carbonyl (C=O) groups is 2. The first kappa shape index (κ1) is 11.0. The predicted molar refractivity (Wildman–Crippen MR) is 57.0 cm³/mol. The van der Waals surface area contributed by atoms with Gasteiger partial charge in [0, 0.05) is 11.4 Å². The molecule has 0 unspecified atom stereocenters. The Hall–Kier alpha value is -1.55. The second-order valence-electron chi connectivity index (χ2n) is 3.71. The monoisotopic (exact) mass is 240 g/mol. The van der Waals surface area contributed by atoms with E-state index in [2.05, 4.69) is 0 Å². The van der Waals surface area contributed by atoms with Gasteiger partial charge in [-0.15, -0.1) is 0 Å². The normalized spacial score (nSPS) is 18.9. The second kappa shape index (κ2) is 3.79. The Morgan fingerprint density at radius 1 is 1.56 bits per heavy atom. The molecule has 0 radical (unpaired) electrons. The third-order valence-electron chi connectivity index (χ3n) is 2.46. The zero-order valence-corrected chi connectivity index (χ0v) is 9.25. The first-order chi connectivity index (χ1) is 7.49. The molecule has 5 heteroatoms. The van der Waals surface area contributed by atoms with E-state index < -0.39 is 11.9 Å². The molecule has 4 nitrogen and oxygen atoms in total. The summed E-state index contributed by atoms with van der Waals surface area (Å²) in [5.74, 6) is -1.63. The van der Waals surface area contributed by atoms with Crippen LogP contribution < -0.4 is 0 Å². The van der Waals surface area contributed by atoms with Gasteiger partial charge >= 0.3 is 11.9 Å². The van der Waals surface area contributed by atoms with Crippen LogP contribution in [0.4, 0.5) is 0 Å². The molecule has 16 heavy (non-hydrogen) atoms. The molecule has 0 saturated carbocycles. The number of aromatic carboxylic acids is 1. The van der Waals surface area contributed by atoms with Gasteiger partial charge < -0.3 is 9.84 Å². The second-order valence-corrected chi connectivity index (χ2v) is 4.12. The van der Waals surface area contributed by atoms with Gasteiger partial charge in [-0.25, -0.2) is 9.59 Å². The summed E-state index contributed by atoms with van der Waals surface area (Å²) in [7, 11) is 0. The molecule has 84 valence electrons. The maximum Gasteiger partial charge on any atom is 0.338 e. The van der Waals surface area contributed by atoms with Crippen molar-refractivity contribution in [2.45, 2.75) is 19.4 Å². The quantitative estimate of drug-likeness (QED) is 0.764. The van der Waals surface area contributed by atoms with Gasteiger partial charge in [0.05, 0.1) is 11.1 Å². The van der Waals surface area contributed by atoms with Gasteiger partial charge in [-0.05, 0) is 24.6 Å². The third-order valence-corrected chi connectivity index (χ3v) is 2.80. The topological polar surface area (TPSA) is 63.6 Å². The molecular formula is C11H9ClO4. The number of cyclic esters (lactones) is 1. The van der Waals surface area contributed by atoms with E-state index in [1.165, 1.54) is 12.1 Å². The summed E-state index contributed by atoms with van der Waals surface area (Å²) in [6.07, 6.45) is 0.285. The Bertz CT molecular complexity index is 481. The number of esters is 1. The summed E-state index contributed by atoms with van der Waals surface area (Å²) >= 11 is 5.95. The van der Waals surface area contributed by atoms with Crippen molar-refractivity contribution in [3.63, 3.8) is 0 Å². The van der Waals surface area contributed by atoms with E-state index in [1.807, 2.05) is 0 Å². The zero-order chi connectivity index (χ0) is 11.9. The fraction of sp³-hybridized carbons (Fsp3) is 0.273. The Balaban J connectivity index is 2.59. The summed E-state index contributed by atoms with van der Waals surface area (Å²) in [6.45, 7) is 1.77. The van der Waals surface area contributed by atoms with E-state index in [1.54, 1.807) is 6.92 Å². The molecule has 1 N–H and O–H groups in total. The standard InChI is InChI=1S/C11H9ClO4/c1-5-2-7-8(11(15)16-5)3-6(10(13)14)4-9(7)12/h3-5H,2H2,1H3,(H,13,14)/t5-/m0/s1. The number of carbonyl (C=O) groups excluding carboxylic acids is 1. The van der Waals surface area contributed by atoms with E-state index in [0.29, 0.717) is 17.0 Å². The van der Waals surface area contributed by atoms with E-state index >= 15 is 0 Å². The number of fused-ring (bicyclic) bond motifs is 1. The molecule has 2 rings (SSSR count). The minimum Gasteiger partial charge on any atom is -0.478 e. The number of rotatable bonds is 1. The molecule has 0 aliphatic carbocycles. The van der Waals surface area contributed by atoms with Crippen molar-refractivity contribution in [1.82, 2.24) is 0 Å². The highest BCUT2D eigenvalue weighted by Gasteiger charge is 2.27. The van der Waals surface area contributed by atoms with Crippen LogP contribution in [-0.2, 0) is 11.2 Å². The minimum atomic E-state index is -1.11. The lowest BCUT2D eigenvalue weighted by Crippen LogP contribution is -2.25. The Morgan fingerprint density at radius 3 is 2.88 bits per heavy atom. The summed E-state index contributed by atoms with van der Waals surface area (Å²) in [5.41, 5.74) is 0.911. The molecule has 0 amide bonds. The summed E-state index contributed by atoms with van der Waals surface area (Å²) in [6, 6.07) is 2.66. The van der Waals surface area contributed by atoms with Crippen molar-refractivity contribution in [3.8, 4) is 0 Å². The number of hydrogen-bond donors (Lipinski definition) is 1. The van der Waals surface area contributed by atoms with Crippen LogP contribution in [0.5, 0.6) is 0 Å². The summed E-state index contributed by atoms with van der Waals surface area (Å²) < 4.78 is 5.01. The number of carboxylic acid groups (broad SMARTS) is 1. The summed E-state index contributed by atoms with van der Waals surface area (Å²) in [5, 5.41) is 9.14. The molecule has 1 aromatic carbocycles. The van der Waals surface area contributed by atoms with Crippen molar-refractivity contribution in [3.05, 3.63) is 33.8 Å². The van der Waals surface area contributed by atoms with E-state index in [4.69, 9.17) is 21.4 Å². The summed E-state index contributed by atoms with van der Waals surface area (Å²) in [4.78, 5) is 22.3. The highest BCUT2D eigenvalue weighted by molar-refractivity contribution is 6.32. The fourth-order valence-electron chi connectivity index (χ4n) is 1.72. The van der Waals surface area contributed by atoms with Gasteiger partial charge in [0.1, 0.15) is 6.10 Å².